The van der Waals surface area contributed by atoms with Gasteiger partial charge in [0, 0.05) is 26.3 Å². The number of aromatic nitrogens is 4. The maximum Gasteiger partial charge on any atom is 0.246 e. The van der Waals surface area contributed by atoms with Crippen LogP contribution in [0.2, 0.25) is 0 Å². The Bertz CT molecular complexity index is 760. The molecule has 0 spiro atoms. The molecule has 22 heavy (non-hydrogen) atoms. The summed E-state index contributed by atoms with van der Waals surface area (Å²) in [6, 6.07) is 1.84. The lowest BCUT2D eigenvalue weighted by atomic mass is 10.4. The zero-order chi connectivity index (χ0) is 16.5. The third-order valence-corrected chi connectivity index (χ3v) is 5.74. The Morgan fingerprint density at radius 1 is 1.18 bits per heavy atom. The Labute approximate surface area is 131 Å². The van der Waals surface area contributed by atoms with Gasteiger partial charge in [0.1, 0.15) is 4.90 Å². The molecule has 7 nitrogen and oxygen atoms in total. The zero-order valence-corrected chi connectivity index (χ0v) is 14.6. The summed E-state index contributed by atoms with van der Waals surface area (Å²) in [6.45, 7) is 9.10. The first-order valence-electron chi connectivity index (χ1n) is 7.33. The van der Waals surface area contributed by atoms with Gasteiger partial charge in [-0.2, -0.15) is 14.5 Å². The molecule has 8 heteroatoms. The van der Waals surface area contributed by atoms with E-state index in [-0.39, 0.29) is 6.54 Å². The van der Waals surface area contributed by atoms with E-state index in [0.29, 0.717) is 22.8 Å². The van der Waals surface area contributed by atoms with Gasteiger partial charge in [0.2, 0.25) is 10.0 Å². The van der Waals surface area contributed by atoms with Crippen molar-refractivity contribution in [1.29, 1.82) is 0 Å². The molecule has 122 valence electrons. The molecular weight excluding hydrogens is 302 g/mol. The van der Waals surface area contributed by atoms with E-state index in [0.717, 1.165) is 12.2 Å². The lowest BCUT2D eigenvalue weighted by Crippen LogP contribution is -2.27. The molecule has 0 aliphatic heterocycles. The fourth-order valence-electron chi connectivity index (χ4n) is 2.49. The van der Waals surface area contributed by atoms with Gasteiger partial charge in [-0.15, -0.1) is 0 Å². The first-order chi connectivity index (χ1) is 10.3. The average molecular weight is 325 g/mol. The predicted octanol–water partition coefficient (Wildman–Crippen LogP) is 1.56. The normalized spacial score (nSPS) is 12.3. The highest BCUT2D eigenvalue weighted by atomic mass is 32.2. The van der Waals surface area contributed by atoms with Crippen LogP contribution in [0.15, 0.2) is 17.2 Å². The summed E-state index contributed by atoms with van der Waals surface area (Å²) in [4.78, 5) is 0.298. The van der Waals surface area contributed by atoms with Gasteiger partial charge in [0.25, 0.3) is 0 Å². The van der Waals surface area contributed by atoms with Crippen LogP contribution in [-0.4, -0.2) is 39.3 Å². The Morgan fingerprint density at radius 2 is 1.86 bits per heavy atom. The van der Waals surface area contributed by atoms with Crippen LogP contribution in [0.4, 0.5) is 0 Å². The van der Waals surface area contributed by atoms with E-state index in [1.54, 1.807) is 30.3 Å². The van der Waals surface area contributed by atoms with Gasteiger partial charge >= 0.3 is 0 Å². The third kappa shape index (κ3) is 2.93. The standard InChI is InChI=1S/C14H23N5O2S/c1-6-18-9-8-13(16-18)10-17(5)22(20,21)14-11(3)15-19(7-2)12(14)4/h8-9H,6-7,10H2,1-5H3. The van der Waals surface area contributed by atoms with Gasteiger partial charge in [-0.25, -0.2) is 8.42 Å². The van der Waals surface area contributed by atoms with Crippen molar-refractivity contribution in [3.8, 4) is 0 Å². The molecule has 2 aromatic heterocycles. The van der Waals surface area contributed by atoms with Crippen molar-refractivity contribution >= 4 is 10.0 Å². The van der Waals surface area contributed by atoms with Crippen molar-refractivity contribution in [2.75, 3.05) is 7.05 Å². The van der Waals surface area contributed by atoms with Crippen LogP contribution in [0.3, 0.4) is 0 Å². The largest absolute Gasteiger partial charge is 0.273 e. The van der Waals surface area contributed by atoms with Gasteiger partial charge < -0.3 is 0 Å². The molecule has 2 aromatic rings. The molecule has 0 aliphatic carbocycles. The quantitative estimate of drug-likeness (QED) is 0.808. The summed E-state index contributed by atoms with van der Waals surface area (Å²) in [6.07, 6.45) is 1.85. The highest BCUT2D eigenvalue weighted by molar-refractivity contribution is 7.89. The fraction of sp³-hybridized carbons (Fsp3) is 0.571. The van der Waals surface area contributed by atoms with Gasteiger partial charge in [0.15, 0.2) is 0 Å². The second kappa shape index (κ2) is 6.21. The smallest absolute Gasteiger partial charge is 0.246 e. The van der Waals surface area contributed by atoms with Crippen molar-refractivity contribution in [2.24, 2.45) is 0 Å². The molecule has 0 unspecified atom stereocenters. The van der Waals surface area contributed by atoms with Gasteiger partial charge in [-0.3, -0.25) is 9.36 Å². The Balaban J connectivity index is 2.31. The van der Waals surface area contributed by atoms with E-state index in [1.807, 2.05) is 26.1 Å². The summed E-state index contributed by atoms with van der Waals surface area (Å²) in [5.41, 5.74) is 1.93. The highest BCUT2D eigenvalue weighted by Gasteiger charge is 2.28. The van der Waals surface area contributed by atoms with Gasteiger partial charge in [0.05, 0.1) is 23.6 Å². The summed E-state index contributed by atoms with van der Waals surface area (Å²) in [5.74, 6) is 0. The van der Waals surface area contributed by atoms with Crippen LogP contribution in [0.1, 0.15) is 30.9 Å². The van der Waals surface area contributed by atoms with Crippen LogP contribution in [0.5, 0.6) is 0 Å². The summed E-state index contributed by atoms with van der Waals surface area (Å²) in [7, 11) is -2.01. The van der Waals surface area contributed by atoms with Crippen LogP contribution in [0, 0.1) is 13.8 Å². The Kier molecular flexibility index (Phi) is 4.72. The first-order valence-corrected chi connectivity index (χ1v) is 8.77. The minimum absolute atomic E-state index is 0.242. The predicted molar refractivity (Wildman–Crippen MR) is 83.9 cm³/mol. The fourth-order valence-corrected chi connectivity index (χ4v) is 4.00. The third-order valence-electron chi connectivity index (χ3n) is 3.69. The van der Waals surface area contributed by atoms with E-state index < -0.39 is 10.0 Å². The van der Waals surface area contributed by atoms with E-state index in [4.69, 9.17) is 0 Å². The summed E-state index contributed by atoms with van der Waals surface area (Å²) >= 11 is 0. The van der Waals surface area contributed by atoms with Gasteiger partial charge in [-0.1, -0.05) is 0 Å². The molecule has 0 atom stereocenters. The topological polar surface area (TPSA) is 73.0 Å². The molecule has 0 N–H and O–H groups in total. The SMILES string of the molecule is CCn1ccc(CN(C)S(=O)(=O)c2c(C)nn(CC)c2C)n1. The van der Waals surface area contributed by atoms with Crippen molar-refractivity contribution < 1.29 is 8.42 Å². The molecule has 0 radical (unpaired) electrons. The molecule has 0 saturated carbocycles. The molecule has 0 aromatic carbocycles. The lowest BCUT2D eigenvalue weighted by Gasteiger charge is -2.16. The minimum atomic E-state index is -3.58. The first kappa shape index (κ1) is 16.7. The van der Waals surface area contributed by atoms with Crippen LogP contribution in [0.25, 0.3) is 0 Å². The average Bonchev–Trinajstić information content (AvgIpc) is 3.02. The second-order valence-electron chi connectivity index (χ2n) is 5.24. The van der Waals surface area contributed by atoms with Gasteiger partial charge in [-0.05, 0) is 33.8 Å². The molecular formula is C14H23N5O2S. The molecule has 0 amide bonds. The number of hydrogen-bond donors (Lipinski definition) is 0. The Hall–Kier alpha value is -1.67. The van der Waals surface area contributed by atoms with E-state index >= 15 is 0 Å². The maximum atomic E-state index is 12.8. The molecule has 0 fully saturated rings. The Morgan fingerprint density at radius 3 is 2.36 bits per heavy atom. The van der Waals surface area contributed by atoms with E-state index in [9.17, 15) is 8.42 Å². The number of rotatable bonds is 6. The van der Waals surface area contributed by atoms with Crippen molar-refractivity contribution in [3.05, 3.63) is 29.3 Å². The molecule has 0 bridgehead atoms. The number of aryl methyl sites for hydroxylation is 3. The van der Waals surface area contributed by atoms with Crippen molar-refractivity contribution in [2.45, 2.75) is 52.2 Å². The van der Waals surface area contributed by atoms with Crippen LogP contribution < -0.4 is 0 Å². The maximum absolute atomic E-state index is 12.8. The van der Waals surface area contributed by atoms with E-state index in [1.165, 1.54) is 4.31 Å². The number of sulfonamides is 1. The minimum Gasteiger partial charge on any atom is -0.273 e. The zero-order valence-electron chi connectivity index (χ0n) is 13.7. The highest BCUT2D eigenvalue weighted by Crippen LogP contribution is 2.23. The summed E-state index contributed by atoms with van der Waals surface area (Å²) < 4.78 is 30.5. The monoisotopic (exact) mass is 325 g/mol. The second-order valence-corrected chi connectivity index (χ2v) is 7.22. The lowest BCUT2D eigenvalue weighted by molar-refractivity contribution is 0.457. The molecule has 0 saturated heterocycles. The number of nitrogens with zero attached hydrogens (tertiary/aromatic N) is 5. The molecule has 0 aliphatic rings. The van der Waals surface area contributed by atoms with Crippen molar-refractivity contribution in [3.63, 3.8) is 0 Å². The molecule has 2 heterocycles. The van der Waals surface area contributed by atoms with E-state index in [2.05, 4.69) is 10.2 Å². The molecule has 2 rings (SSSR count). The van der Waals surface area contributed by atoms with Crippen LogP contribution >= 0.6 is 0 Å². The van der Waals surface area contributed by atoms with Crippen LogP contribution in [-0.2, 0) is 29.7 Å². The van der Waals surface area contributed by atoms with Crippen molar-refractivity contribution in [1.82, 2.24) is 23.9 Å². The number of hydrogen-bond acceptors (Lipinski definition) is 4. The summed E-state index contributed by atoms with van der Waals surface area (Å²) in [5, 5.41) is 8.62.